The molecule has 0 aliphatic carbocycles. The van der Waals surface area contributed by atoms with Crippen LogP contribution in [-0.2, 0) is 11.3 Å². The summed E-state index contributed by atoms with van der Waals surface area (Å²) < 4.78 is 16.4. The number of rotatable bonds is 8. The van der Waals surface area contributed by atoms with Crippen LogP contribution in [0.5, 0.6) is 11.5 Å². The fourth-order valence-electron chi connectivity index (χ4n) is 3.30. The number of ether oxygens (including phenoxy) is 3. The van der Waals surface area contributed by atoms with Gasteiger partial charge in [0, 0.05) is 43.5 Å². The van der Waals surface area contributed by atoms with Crippen LogP contribution >= 0.6 is 0 Å². The van der Waals surface area contributed by atoms with E-state index in [4.69, 9.17) is 14.2 Å². The lowest BCUT2D eigenvalue weighted by molar-refractivity contribution is 0.0160. The first kappa shape index (κ1) is 18.7. The molecule has 7 nitrogen and oxygen atoms in total. The Hall–Kier alpha value is -2.09. The molecule has 0 spiro atoms. The average molecular weight is 360 g/mol. The van der Waals surface area contributed by atoms with Crippen molar-refractivity contribution < 1.29 is 14.2 Å². The van der Waals surface area contributed by atoms with E-state index in [2.05, 4.69) is 32.5 Å². The Morgan fingerprint density at radius 2 is 2.00 bits per heavy atom. The predicted octanol–water partition coefficient (Wildman–Crippen LogP) is 1.90. The number of nitrogens with one attached hydrogen (secondary N) is 2. The summed E-state index contributed by atoms with van der Waals surface area (Å²) in [6.45, 7) is 7.04. The van der Waals surface area contributed by atoms with Gasteiger partial charge in [0.15, 0.2) is 11.5 Å². The lowest BCUT2D eigenvalue weighted by Gasteiger charge is -2.35. The summed E-state index contributed by atoms with van der Waals surface area (Å²) in [6, 6.07) is 6.41. The summed E-state index contributed by atoms with van der Waals surface area (Å²) in [5, 5.41) is 10.6. The van der Waals surface area contributed by atoms with Gasteiger partial charge < -0.3 is 19.5 Å². The van der Waals surface area contributed by atoms with Gasteiger partial charge in [-0.2, -0.15) is 5.10 Å². The first-order chi connectivity index (χ1) is 12.7. The molecule has 3 rings (SSSR count). The van der Waals surface area contributed by atoms with E-state index in [0.717, 1.165) is 56.6 Å². The van der Waals surface area contributed by atoms with E-state index >= 15 is 0 Å². The van der Waals surface area contributed by atoms with Gasteiger partial charge in [-0.3, -0.25) is 10.00 Å². The van der Waals surface area contributed by atoms with Crippen LogP contribution in [0.3, 0.4) is 0 Å². The van der Waals surface area contributed by atoms with Crippen LogP contribution in [0.4, 0.5) is 0 Å². The van der Waals surface area contributed by atoms with E-state index in [0.29, 0.717) is 0 Å². The summed E-state index contributed by atoms with van der Waals surface area (Å²) in [4.78, 5) is 2.46. The standard InChI is InChI=1S/C19H28N4O3/c1-14-16(12-21-22-14)11-20-13-17(23-6-8-26-9-7-23)15-4-5-18(24-2)19(10-15)25-3/h4-5,10,12,17,20H,6-9,11,13H2,1-3H3,(H,21,22). The second-order valence-corrected chi connectivity index (χ2v) is 6.43. The number of aromatic amines is 1. The number of aryl methyl sites for hydroxylation is 1. The highest BCUT2D eigenvalue weighted by Crippen LogP contribution is 2.32. The van der Waals surface area contributed by atoms with E-state index in [1.54, 1.807) is 14.2 Å². The number of morpholine rings is 1. The maximum atomic E-state index is 5.53. The largest absolute Gasteiger partial charge is 0.493 e. The Morgan fingerprint density at radius 1 is 1.23 bits per heavy atom. The molecule has 0 amide bonds. The minimum absolute atomic E-state index is 0.242. The van der Waals surface area contributed by atoms with Gasteiger partial charge in [-0.1, -0.05) is 6.07 Å². The number of methoxy groups -OCH3 is 2. The summed E-state index contributed by atoms with van der Waals surface area (Å²) >= 11 is 0. The second-order valence-electron chi connectivity index (χ2n) is 6.43. The minimum Gasteiger partial charge on any atom is -0.493 e. The second kappa shape index (κ2) is 9.02. The highest BCUT2D eigenvalue weighted by molar-refractivity contribution is 5.44. The Bertz CT molecular complexity index is 698. The molecule has 0 radical (unpaired) electrons. The number of nitrogens with zero attached hydrogens (tertiary/aromatic N) is 2. The van der Waals surface area contributed by atoms with Gasteiger partial charge in [0.25, 0.3) is 0 Å². The molecule has 26 heavy (non-hydrogen) atoms. The molecule has 1 atom stereocenters. The molecule has 7 heteroatoms. The number of hydrogen-bond acceptors (Lipinski definition) is 6. The third-order valence-corrected chi connectivity index (χ3v) is 4.87. The molecule has 1 unspecified atom stereocenters. The first-order valence-electron chi connectivity index (χ1n) is 8.96. The molecule has 0 saturated carbocycles. The van der Waals surface area contributed by atoms with Crippen LogP contribution in [0.25, 0.3) is 0 Å². The van der Waals surface area contributed by atoms with Gasteiger partial charge in [-0.05, 0) is 24.6 Å². The normalized spacial score (nSPS) is 16.4. The van der Waals surface area contributed by atoms with E-state index in [1.165, 1.54) is 11.1 Å². The fraction of sp³-hybridized carbons (Fsp3) is 0.526. The van der Waals surface area contributed by atoms with Gasteiger partial charge in [0.2, 0.25) is 0 Å². The third-order valence-electron chi connectivity index (χ3n) is 4.87. The summed E-state index contributed by atoms with van der Waals surface area (Å²) in [6.07, 6.45) is 1.88. The lowest BCUT2D eigenvalue weighted by atomic mass is 10.0. The molecule has 142 valence electrons. The van der Waals surface area contributed by atoms with Crippen molar-refractivity contribution in [1.82, 2.24) is 20.4 Å². The molecular weight excluding hydrogens is 332 g/mol. The average Bonchev–Trinajstić information content (AvgIpc) is 3.10. The zero-order chi connectivity index (χ0) is 18.4. The molecule has 2 N–H and O–H groups in total. The molecule has 1 aromatic carbocycles. The Morgan fingerprint density at radius 3 is 2.65 bits per heavy atom. The molecular formula is C19H28N4O3. The number of benzene rings is 1. The van der Waals surface area contributed by atoms with Crippen molar-refractivity contribution in [2.75, 3.05) is 47.1 Å². The SMILES string of the molecule is COc1ccc(C(CNCc2cn[nH]c2C)N2CCOCC2)cc1OC. The summed E-state index contributed by atoms with van der Waals surface area (Å²) in [7, 11) is 3.33. The highest BCUT2D eigenvalue weighted by Gasteiger charge is 2.23. The molecule has 1 aliphatic heterocycles. The van der Waals surface area contributed by atoms with E-state index in [1.807, 2.05) is 19.2 Å². The number of aromatic nitrogens is 2. The van der Waals surface area contributed by atoms with Crippen molar-refractivity contribution in [2.45, 2.75) is 19.5 Å². The van der Waals surface area contributed by atoms with Crippen molar-refractivity contribution in [2.24, 2.45) is 0 Å². The maximum Gasteiger partial charge on any atom is 0.161 e. The monoisotopic (exact) mass is 360 g/mol. The molecule has 1 aliphatic rings. The summed E-state index contributed by atoms with van der Waals surface area (Å²) in [5.41, 5.74) is 3.51. The van der Waals surface area contributed by atoms with Crippen LogP contribution in [0.2, 0.25) is 0 Å². The maximum absolute atomic E-state index is 5.53. The highest BCUT2D eigenvalue weighted by atomic mass is 16.5. The molecule has 2 heterocycles. The molecule has 1 fully saturated rings. The summed E-state index contributed by atoms with van der Waals surface area (Å²) in [5.74, 6) is 1.51. The Kier molecular flexibility index (Phi) is 6.49. The zero-order valence-corrected chi connectivity index (χ0v) is 15.7. The number of H-pyrrole nitrogens is 1. The smallest absolute Gasteiger partial charge is 0.161 e. The fourth-order valence-corrected chi connectivity index (χ4v) is 3.30. The van der Waals surface area contributed by atoms with Gasteiger partial charge in [-0.15, -0.1) is 0 Å². The van der Waals surface area contributed by atoms with Gasteiger partial charge >= 0.3 is 0 Å². The quantitative estimate of drug-likeness (QED) is 0.749. The Labute approximate surface area is 154 Å². The van der Waals surface area contributed by atoms with Crippen LogP contribution in [0, 0.1) is 6.92 Å². The first-order valence-corrected chi connectivity index (χ1v) is 8.96. The van der Waals surface area contributed by atoms with Crippen molar-refractivity contribution in [3.8, 4) is 11.5 Å². The minimum atomic E-state index is 0.242. The van der Waals surface area contributed by atoms with Crippen LogP contribution in [-0.4, -0.2) is 62.2 Å². The zero-order valence-electron chi connectivity index (χ0n) is 15.7. The topological polar surface area (TPSA) is 71.6 Å². The van der Waals surface area contributed by atoms with Crippen LogP contribution in [0.15, 0.2) is 24.4 Å². The molecule has 1 aromatic heterocycles. The van der Waals surface area contributed by atoms with Crippen molar-refractivity contribution in [3.63, 3.8) is 0 Å². The van der Waals surface area contributed by atoms with Gasteiger partial charge in [0.1, 0.15) is 0 Å². The number of hydrogen-bond donors (Lipinski definition) is 2. The Balaban J connectivity index is 1.75. The molecule has 2 aromatic rings. The van der Waals surface area contributed by atoms with Crippen molar-refractivity contribution in [3.05, 3.63) is 41.2 Å². The predicted molar refractivity (Wildman–Crippen MR) is 99.7 cm³/mol. The third kappa shape index (κ3) is 4.35. The van der Waals surface area contributed by atoms with Crippen molar-refractivity contribution >= 4 is 0 Å². The lowest BCUT2D eigenvalue weighted by Crippen LogP contribution is -2.42. The van der Waals surface area contributed by atoms with Gasteiger partial charge in [0.05, 0.1) is 33.6 Å². The van der Waals surface area contributed by atoms with E-state index in [9.17, 15) is 0 Å². The van der Waals surface area contributed by atoms with Crippen molar-refractivity contribution in [1.29, 1.82) is 0 Å². The van der Waals surface area contributed by atoms with Crippen LogP contribution < -0.4 is 14.8 Å². The molecule has 1 saturated heterocycles. The van der Waals surface area contributed by atoms with Gasteiger partial charge in [-0.25, -0.2) is 0 Å². The van der Waals surface area contributed by atoms with E-state index in [-0.39, 0.29) is 6.04 Å². The van der Waals surface area contributed by atoms with Crippen LogP contribution in [0.1, 0.15) is 22.9 Å². The van der Waals surface area contributed by atoms with E-state index < -0.39 is 0 Å². The molecule has 0 bridgehead atoms.